The van der Waals surface area contributed by atoms with Crippen LogP contribution in [0.2, 0.25) is 0 Å². The Kier molecular flexibility index (Phi) is 27.4. The number of allylic oxidation sites excluding steroid dienone is 1. The lowest BCUT2D eigenvalue weighted by Crippen LogP contribution is -2.25. The van der Waals surface area contributed by atoms with E-state index in [0.29, 0.717) is 13.0 Å². The van der Waals surface area contributed by atoms with E-state index in [4.69, 9.17) is 15.6 Å². The Balaban J connectivity index is 0. The highest BCUT2D eigenvalue weighted by molar-refractivity contribution is 5.72. The molecule has 0 radical (unpaired) electrons. The van der Waals surface area contributed by atoms with Crippen LogP contribution in [0.5, 0.6) is 0 Å². The predicted octanol–water partition coefficient (Wildman–Crippen LogP) is 7.18. The zero-order chi connectivity index (χ0) is 23.6. The van der Waals surface area contributed by atoms with Gasteiger partial charge in [0.25, 0.3) is 0 Å². The Morgan fingerprint density at radius 2 is 1.26 bits per heavy atom. The molecule has 0 spiro atoms. The number of hydrogen-bond acceptors (Lipinski definition) is 4. The molecule has 0 amide bonds. The van der Waals surface area contributed by atoms with Crippen molar-refractivity contribution in [1.82, 2.24) is 0 Å². The average Bonchev–Trinajstić information content (AvgIpc) is 2.74. The van der Waals surface area contributed by atoms with Crippen molar-refractivity contribution in [3.63, 3.8) is 0 Å². The maximum atomic E-state index is 11.6. The monoisotopic (exact) mass is 441 g/mol. The van der Waals surface area contributed by atoms with Crippen molar-refractivity contribution in [2.75, 3.05) is 6.61 Å². The Labute approximate surface area is 192 Å². The lowest BCUT2D eigenvalue weighted by molar-refractivity contribution is -0.144. The summed E-state index contributed by atoms with van der Waals surface area (Å²) in [4.78, 5) is 21.2. The van der Waals surface area contributed by atoms with Gasteiger partial charge >= 0.3 is 11.9 Å². The molecule has 1 atom stereocenters. The molecule has 0 aliphatic rings. The summed E-state index contributed by atoms with van der Waals surface area (Å²) in [5, 5.41) is 7.87. The Morgan fingerprint density at radius 1 is 0.839 bits per heavy atom. The smallest absolute Gasteiger partial charge is 0.320 e. The van der Waals surface area contributed by atoms with Crippen molar-refractivity contribution < 1.29 is 19.4 Å². The van der Waals surface area contributed by atoms with Gasteiger partial charge in [0.1, 0.15) is 6.04 Å². The van der Waals surface area contributed by atoms with E-state index in [1.165, 1.54) is 90.4 Å². The van der Waals surface area contributed by atoms with Crippen LogP contribution in [0.15, 0.2) is 12.7 Å². The number of carboxylic acid groups (broad SMARTS) is 1. The fourth-order valence-electron chi connectivity index (χ4n) is 3.11. The van der Waals surface area contributed by atoms with Crippen molar-refractivity contribution in [1.29, 1.82) is 0 Å². The van der Waals surface area contributed by atoms with E-state index < -0.39 is 12.0 Å². The molecule has 0 rings (SSSR count). The molecule has 0 unspecified atom stereocenters. The molecule has 0 saturated heterocycles. The van der Waals surface area contributed by atoms with E-state index in [1.54, 1.807) is 0 Å². The molecule has 5 nitrogen and oxygen atoms in total. The summed E-state index contributed by atoms with van der Waals surface area (Å²) in [6, 6.07) is -0.731. The molecule has 5 heteroatoms. The second-order valence-electron chi connectivity index (χ2n) is 8.48. The van der Waals surface area contributed by atoms with E-state index in [2.05, 4.69) is 13.5 Å². The predicted molar refractivity (Wildman–Crippen MR) is 131 cm³/mol. The molecule has 0 bridgehead atoms. The van der Waals surface area contributed by atoms with Crippen molar-refractivity contribution >= 4 is 11.9 Å². The van der Waals surface area contributed by atoms with E-state index in [1.807, 2.05) is 6.08 Å². The molecule has 0 heterocycles. The van der Waals surface area contributed by atoms with Gasteiger partial charge in [-0.1, -0.05) is 96.5 Å². The number of carboxylic acids is 1. The largest absolute Gasteiger partial charge is 0.480 e. The lowest BCUT2D eigenvalue weighted by Gasteiger charge is -2.05. The van der Waals surface area contributed by atoms with Crippen LogP contribution in [0.25, 0.3) is 0 Å². The normalized spacial score (nSPS) is 11.3. The molecule has 0 aromatic rings. The fraction of sp³-hybridized carbons (Fsp3) is 0.846. The minimum atomic E-state index is -0.963. The van der Waals surface area contributed by atoms with Crippen LogP contribution in [0.3, 0.4) is 0 Å². The quantitative estimate of drug-likeness (QED) is 0.112. The molecule has 0 aliphatic heterocycles. The second-order valence-corrected chi connectivity index (χ2v) is 8.48. The molecule has 3 N–H and O–H groups in total. The zero-order valence-corrected chi connectivity index (χ0v) is 20.5. The van der Waals surface area contributed by atoms with Crippen LogP contribution in [0.1, 0.15) is 129 Å². The average molecular weight is 442 g/mol. The molecule has 31 heavy (non-hydrogen) atoms. The summed E-state index contributed by atoms with van der Waals surface area (Å²) >= 11 is 0. The zero-order valence-electron chi connectivity index (χ0n) is 20.5. The maximum absolute atomic E-state index is 11.6. The SMILES string of the molecule is C=CCCCCCCCCC(=O)OCCCCCCCCCCCC.C[C@H](N)C(=O)O. The molecular formula is C26H51NO4. The number of rotatable bonds is 21. The summed E-state index contributed by atoms with van der Waals surface area (Å²) in [6.07, 6.45) is 24.1. The highest BCUT2D eigenvalue weighted by atomic mass is 16.5. The second kappa shape index (κ2) is 26.7. The standard InChI is InChI=1S/C23H44O2.C3H7NO2/c1-3-5-7-9-11-13-14-16-18-20-22-25-23(24)21-19-17-15-12-10-8-6-4-2;1-2(4)3(5)6/h4H,2-3,5-22H2,1H3;2H,4H2,1H3,(H,5,6)/t;2-/m.0/s1. The van der Waals surface area contributed by atoms with Gasteiger partial charge in [0.05, 0.1) is 6.61 Å². The summed E-state index contributed by atoms with van der Waals surface area (Å²) in [5.41, 5.74) is 4.84. The molecule has 0 fully saturated rings. The van der Waals surface area contributed by atoms with Gasteiger partial charge in [0, 0.05) is 6.42 Å². The van der Waals surface area contributed by atoms with E-state index in [-0.39, 0.29) is 5.97 Å². The van der Waals surface area contributed by atoms with Gasteiger partial charge in [-0.3, -0.25) is 9.59 Å². The highest BCUT2D eigenvalue weighted by Crippen LogP contribution is 2.11. The number of unbranched alkanes of at least 4 members (excludes halogenated alkanes) is 15. The number of ether oxygens (including phenoxy) is 1. The van der Waals surface area contributed by atoms with Crippen molar-refractivity contribution in [3.8, 4) is 0 Å². The lowest BCUT2D eigenvalue weighted by atomic mass is 10.1. The first kappa shape index (κ1) is 31.8. The summed E-state index contributed by atoms with van der Waals surface area (Å²) in [5.74, 6) is -0.961. The minimum Gasteiger partial charge on any atom is -0.480 e. The first-order chi connectivity index (χ1) is 15.0. The number of aliphatic carboxylic acids is 1. The summed E-state index contributed by atoms with van der Waals surface area (Å²) < 4.78 is 5.32. The molecule has 0 saturated carbocycles. The third-order valence-electron chi connectivity index (χ3n) is 5.19. The van der Waals surface area contributed by atoms with Crippen LogP contribution >= 0.6 is 0 Å². The third kappa shape index (κ3) is 30.9. The topological polar surface area (TPSA) is 89.6 Å². The van der Waals surface area contributed by atoms with Gasteiger partial charge in [-0.05, 0) is 32.6 Å². The first-order valence-electron chi connectivity index (χ1n) is 12.7. The first-order valence-corrected chi connectivity index (χ1v) is 12.7. The van der Waals surface area contributed by atoms with E-state index in [9.17, 15) is 9.59 Å². The molecule has 0 aliphatic carbocycles. The van der Waals surface area contributed by atoms with Gasteiger partial charge in [0.2, 0.25) is 0 Å². The molecule has 0 aromatic carbocycles. The van der Waals surface area contributed by atoms with Gasteiger partial charge < -0.3 is 15.6 Å². The van der Waals surface area contributed by atoms with Crippen molar-refractivity contribution in [3.05, 3.63) is 12.7 Å². The van der Waals surface area contributed by atoms with Crippen LogP contribution in [-0.4, -0.2) is 29.7 Å². The van der Waals surface area contributed by atoms with E-state index >= 15 is 0 Å². The Morgan fingerprint density at radius 3 is 1.71 bits per heavy atom. The Hall–Kier alpha value is -1.36. The van der Waals surface area contributed by atoms with Crippen LogP contribution in [0.4, 0.5) is 0 Å². The van der Waals surface area contributed by atoms with Gasteiger partial charge in [0.15, 0.2) is 0 Å². The summed E-state index contributed by atoms with van der Waals surface area (Å²) in [6.45, 7) is 8.04. The van der Waals surface area contributed by atoms with Crippen LogP contribution < -0.4 is 5.73 Å². The van der Waals surface area contributed by atoms with Crippen molar-refractivity contribution in [2.24, 2.45) is 5.73 Å². The number of esters is 1. The van der Waals surface area contributed by atoms with Gasteiger partial charge in [-0.2, -0.15) is 0 Å². The Bertz CT molecular complexity index is 410. The van der Waals surface area contributed by atoms with Gasteiger partial charge in [-0.25, -0.2) is 0 Å². The summed E-state index contributed by atoms with van der Waals surface area (Å²) in [7, 11) is 0. The minimum absolute atomic E-state index is 0.00239. The fourth-order valence-corrected chi connectivity index (χ4v) is 3.11. The van der Waals surface area contributed by atoms with Gasteiger partial charge in [-0.15, -0.1) is 6.58 Å². The number of carbonyl (C=O) groups is 2. The van der Waals surface area contributed by atoms with Crippen LogP contribution in [0, 0.1) is 0 Å². The molecule has 184 valence electrons. The number of nitrogens with two attached hydrogens (primary N) is 1. The number of carbonyl (C=O) groups excluding carboxylic acids is 1. The third-order valence-corrected chi connectivity index (χ3v) is 5.19. The number of hydrogen-bond donors (Lipinski definition) is 2. The van der Waals surface area contributed by atoms with E-state index in [0.717, 1.165) is 25.7 Å². The van der Waals surface area contributed by atoms with Crippen LogP contribution in [-0.2, 0) is 14.3 Å². The maximum Gasteiger partial charge on any atom is 0.320 e. The molecule has 0 aromatic heterocycles. The molecular weight excluding hydrogens is 390 g/mol. The van der Waals surface area contributed by atoms with Crippen molar-refractivity contribution in [2.45, 2.75) is 135 Å². The highest BCUT2D eigenvalue weighted by Gasteiger charge is 2.02.